The SMILES string of the molecule is O=C(Cn1cnc2c(nnn2-c2cccc(Cl)c2)c1=O)N1CCc2ccccc21. The van der Waals surface area contributed by atoms with Gasteiger partial charge in [-0.2, -0.15) is 4.68 Å². The molecule has 3 heterocycles. The maximum atomic E-state index is 12.8. The number of anilines is 1. The third-order valence-corrected chi connectivity index (χ3v) is 5.21. The van der Waals surface area contributed by atoms with Crippen LogP contribution in [0, 0.1) is 0 Å². The summed E-state index contributed by atoms with van der Waals surface area (Å²) in [6.45, 7) is 0.494. The number of carbonyl (C=O) groups excluding carboxylic acids is 1. The van der Waals surface area contributed by atoms with E-state index in [1.807, 2.05) is 24.3 Å². The van der Waals surface area contributed by atoms with Gasteiger partial charge in [0.05, 0.1) is 5.69 Å². The van der Waals surface area contributed by atoms with Gasteiger partial charge in [-0.05, 0) is 36.2 Å². The molecule has 1 amide bonds. The number of rotatable bonds is 3. The molecule has 2 aromatic heterocycles. The van der Waals surface area contributed by atoms with Gasteiger partial charge in [-0.3, -0.25) is 14.2 Å². The highest BCUT2D eigenvalue weighted by Crippen LogP contribution is 2.27. The van der Waals surface area contributed by atoms with Gasteiger partial charge in [0.25, 0.3) is 5.56 Å². The summed E-state index contributed by atoms with van der Waals surface area (Å²) in [5.74, 6) is -0.166. The lowest BCUT2D eigenvalue weighted by Gasteiger charge is -2.17. The smallest absolute Gasteiger partial charge is 0.284 e. The predicted molar refractivity (Wildman–Crippen MR) is 108 cm³/mol. The van der Waals surface area contributed by atoms with Gasteiger partial charge in [0.15, 0.2) is 11.2 Å². The van der Waals surface area contributed by atoms with Crippen LogP contribution in [0.5, 0.6) is 0 Å². The van der Waals surface area contributed by atoms with Gasteiger partial charge < -0.3 is 4.90 Å². The van der Waals surface area contributed by atoms with Crippen molar-refractivity contribution in [1.82, 2.24) is 24.5 Å². The first kappa shape index (κ1) is 17.6. The molecule has 0 fully saturated rings. The third kappa shape index (κ3) is 2.98. The van der Waals surface area contributed by atoms with Crippen molar-refractivity contribution < 1.29 is 4.79 Å². The summed E-state index contributed by atoms with van der Waals surface area (Å²) in [7, 11) is 0. The van der Waals surface area contributed by atoms with Gasteiger partial charge in [0, 0.05) is 17.3 Å². The van der Waals surface area contributed by atoms with Crippen LogP contribution in [0.4, 0.5) is 5.69 Å². The average molecular weight is 407 g/mol. The maximum Gasteiger partial charge on any atom is 0.284 e. The van der Waals surface area contributed by atoms with E-state index < -0.39 is 5.56 Å². The molecule has 1 aliphatic rings. The monoisotopic (exact) mass is 406 g/mol. The van der Waals surface area contributed by atoms with Gasteiger partial charge in [0.1, 0.15) is 12.9 Å². The molecule has 0 N–H and O–H groups in total. The number of para-hydroxylation sites is 1. The van der Waals surface area contributed by atoms with E-state index >= 15 is 0 Å². The molecule has 9 heteroatoms. The zero-order valence-electron chi connectivity index (χ0n) is 15.2. The van der Waals surface area contributed by atoms with Crippen LogP contribution in [0.15, 0.2) is 59.7 Å². The molecule has 8 nitrogen and oxygen atoms in total. The second-order valence-electron chi connectivity index (χ2n) is 6.76. The number of nitrogens with zero attached hydrogens (tertiary/aromatic N) is 6. The van der Waals surface area contributed by atoms with Crippen LogP contribution < -0.4 is 10.5 Å². The van der Waals surface area contributed by atoms with Crippen molar-refractivity contribution in [3.8, 4) is 5.69 Å². The van der Waals surface area contributed by atoms with Crippen molar-refractivity contribution in [2.24, 2.45) is 0 Å². The number of benzene rings is 2. The number of amides is 1. The summed E-state index contributed by atoms with van der Waals surface area (Å²) in [6, 6.07) is 14.8. The number of carbonyl (C=O) groups is 1. The van der Waals surface area contributed by atoms with Crippen LogP contribution in [0.2, 0.25) is 5.02 Å². The topological polar surface area (TPSA) is 85.9 Å². The Hall–Kier alpha value is -3.52. The van der Waals surface area contributed by atoms with Crippen LogP contribution >= 0.6 is 11.6 Å². The summed E-state index contributed by atoms with van der Waals surface area (Å²) in [6.07, 6.45) is 2.16. The number of aromatic nitrogens is 5. The molecule has 1 aliphatic heterocycles. The Balaban J connectivity index is 1.47. The largest absolute Gasteiger partial charge is 0.310 e. The van der Waals surface area contributed by atoms with E-state index in [0.717, 1.165) is 17.7 Å². The van der Waals surface area contributed by atoms with Gasteiger partial charge >= 0.3 is 0 Å². The highest BCUT2D eigenvalue weighted by Gasteiger charge is 2.25. The Morgan fingerprint density at radius 3 is 2.86 bits per heavy atom. The lowest BCUT2D eigenvalue weighted by molar-refractivity contribution is -0.119. The van der Waals surface area contributed by atoms with E-state index in [4.69, 9.17) is 11.6 Å². The van der Waals surface area contributed by atoms with E-state index in [1.165, 1.54) is 15.6 Å². The van der Waals surface area contributed by atoms with Gasteiger partial charge in [-0.1, -0.05) is 41.1 Å². The van der Waals surface area contributed by atoms with Crippen LogP contribution in [-0.2, 0) is 17.8 Å². The number of fused-ring (bicyclic) bond motifs is 2. The molecule has 5 rings (SSSR count). The minimum Gasteiger partial charge on any atom is -0.310 e. The minimum absolute atomic E-state index is 0.0992. The predicted octanol–water partition coefficient (Wildman–Crippen LogP) is 2.22. The number of halogens is 1. The molecule has 0 spiro atoms. The highest BCUT2D eigenvalue weighted by molar-refractivity contribution is 6.30. The Morgan fingerprint density at radius 2 is 2.00 bits per heavy atom. The Morgan fingerprint density at radius 1 is 1.14 bits per heavy atom. The molecule has 29 heavy (non-hydrogen) atoms. The number of hydrogen-bond acceptors (Lipinski definition) is 5. The lowest BCUT2D eigenvalue weighted by Crippen LogP contribution is -2.35. The zero-order chi connectivity index (χ0) is 20.0. The minimum atomic E-state index is -0.413. The molecule has 0 saturated heterocycles. The molecule has 4 aromatic rings. The summed E-state index contributed by atoms with van der Waals surface area (Å²) >= 11 is 6.03. The Kier molecular flexibility index (Phi) is 4.13. The molecule has 2 aromatic carbocycles. The average Bonchev–Trinajstić information content (AvgIpc) is 3.35. The van der Waals surface area contributed by atoms with Crippen molar-refractivity contribution in [2.45, 2.75) is 13.0 Å². The first-order valence-corrected chi connectivity index (χ1v) is 9.45. The third-order valence-electron chi connectivity index (χ3n) is 4.98. The molecule has 0 saturated carbocycles. The van der Waals surface area contributed by atoms with Crippen LogP contribution in [0.25, 0.3) is 16.9 Å². The number of hydrogen-bond donors (Lipinski definition) is 0. The zero-order valence-corrected chi connectivity index (χ0v) is 16.0. The van der Waals surface area contributed by atoms with Gasteiger partial charge in [-0.15, -0.1) is 5.10 Å². The molecule has 0 atom stereocenters. The summed E-state index contributed by atoms with van der Waals surface area (Å²) in [5, 5.41) is 8.54. The summed E-state index contributed by atoms with van der Waals surface area (Å²) < 4.78 is 2.72. The molecule has 144 valence electrons. The normalized spacial score (nSPS) is 13.1. The molecule has 0 aliphatic carbocycles. The quantitative estimate of drug-likeness (QED) is 0.520. The van der Waals surface area contributed by atoms with Crippen molar-refractivity contribution in [3.05, 3.63) is 75.8 Å². The van der Waals surface area contributed by atoms with Gasteiger partial charge in [0.2, 0.25) is 5.91 Å². The Bertz CT molecular complexity index is 1310. The van der Waals surface area contributed by atoms with Crippen LogP contribution in [0.1, 0.15) is 5.56 Å². The van der Waals surface area contributed by atoms with Crippen molar-refractivity contribution in [2.75, 3.05) is 11.4 Å². The molecule has 0 bridgehead atoms. The second-order valence-corrected chi connectivity index (χ2v) is 7.19. The van der Waals surface area contributed by atoms with E-state index in [2.05, 4.69) is 15.3 Å². The summed E-state index contributed by atoms with van der Waals surface area (Å²) in [5.41, 5.74) is 2.67. The van der Waals surface area contributed by atoms with Crippen LogP contribution in [0.3, 0.4) is 0 Å². The van der Waals surface area contributed by atoms with E-state index in [0.29, 0.717) is 22.9 Å². The molecule has 0 radical (unpaired) electrons. The first-order chi connectivity index (χ1) is 14.1. The maximum absolute atomic E-state index is 12.8. The molecular weight excluding hydrogens is 392 g/mol. The lowest BCUT2D eigenvalue weighted by atomic mass is 10.2. The van der Waals surface area contributed by atoms with E-state index in [9.17, 15) is 9.59 Å². The van der Waals surface area contributed by atoms with Crippen LogP contribution in [-0.4, -0.2) is 37.0 Å². The highest BCUT2D eigenvalue weighted by atomic mass is 35.5. The van der Waals surface area contributed by atoms with E-state index in [-0.39, 0.29) is 18.0 Å². The Labute approximate surface area is 170 Å². The molecular formula is C20H15ClN6O2. The fourth-order valence-corrected chi connectivity index (χ4v) is 3.75. The standard InChI is InChI=1S/C20H15ClN6O2/c21-14-5-3-6-15(10-14)27-19-18(23-24-27)20(29)25(12-22-19)11-17(28)26-9-8-13-4-1-2-7-16(13)26/h1-7,10,12H,8-9,11H2. The fraction of sp³-hybridized carbons (Fsp3) is 0.150. The second kappa shape index (κ2) is 6.82. The molecule has 0 unspecified atom stereocenters. The van der Waals surface area contributed by atoms with Crippen molar-refractivity contribution in [1.29, 1.82) is 0 Å². The van der Waals surface area contributed by atoms with Crippen molar-refractivity contribution >= 4 is 34.4 Å². The van der Waals surface area contributed by atoms with Crippen molar-refractivity contribution in [3.63, 3.8) is 0 Å². The fourth-order valence-electron chi connectivity index (χ4n) is 3.57. The van der Waals surface area contributed by atoms with E-state index in [1.54, 1.807) is 29.2 Å². The first-order valence-electron chi connectivity index (χ1n) is 9.07. The summed E-state index contributed by atoms with van der Waals surface area (Å²) in [4.78, 5) is 31.7. The van der Waals surface area contributed by atoms with Gasteiger partial charge in [-0.25, -0.2) is 4.98 Å².